The van der Waals surface area contributed by atoms with Crippen LogP contribution in [-0.4, -0.2) is 9.49 Å². The monoisotopic (exact) mass is 306 g/mol. The van der Waals surface area contributed by atoms with Crippen LogP contribution in [0.15, 0.2) is 48.5 Å². The Balaban J connectivity index is 1.78. The van der Waals surface area contributed by atoms with E-state index in [1.807, 2.05) is 12.1 Å². The molecule has 0 radical (unpaired) electrons. The van der Waals surface area contributed by atoms with Gasteiger partial charge < -0.3 is 4.57 Å². The average molecular weight is 306 g/mol. The van der Waals surface area contributed by atoms with E-state index in [1.54, 1.807) is 12.1 Å². The van der Waals surface area contributed by atoms with Gasteiger partial charge in [0.25, 0.3) is 5.69 Å². The van der Waals surface area contributed by atoms with Crippen molar-refractivity contribution >= 4 is 16.6 Å². The lowest BCUT2D eigenvalue weighted by Crippen LogP contribution is -2.09. The van der Waals surface area contributed by atoms with E-state index in [9.17, 15) is 10.1 Å². The molecule has 0 saturated heterocycles. The molecule has 4 nitrogen and oxygen atoms in total. The van der Waals surface area contributed by atoms with Gasteiger partial charge in [-0.3, -0.25) is 10.1 Å². The van der Waals surface area contributed by atoms with Crippen LogP contribution in [0.2, 0.25) is 0 Å². The molecule has 0 aliphatic heterocycles. The number of fused-ring (bicyclic) bond motifs is 3. The summed E-state index contributed by atoms with van der Waals surface area (Å²) in [5.41, 5.74) is 5.46. The van der Waals surface area contributed by atoms with Gasteiger partial charge in [0.2, 0.25) is 0 Å². The highest BCUT2D eigenvalue weighted by atomic mass is 16.6. The lowest BCUT2D eigenvalue weighted by Gasteiger charge is -2.16. The Hall–Kier alpha value is -2.62. The van der Waals surface area contributed by atoms with E-state index in [1.165, 1.54) is 35.0 Å². The van der Waals surface area contributed by atoms with Crippen molar-refractivity contribution < 1.29 is 4.92 Å². The lowest BCUT2D eigenvalue weighted by atomic mass is 9.95. The molecule has 4 heteroatoms. The van der Waals surface area contributed by atoms with Gasteiger partial charge in [-0.1, -0.05) is 30.3 Å². The minimum atomic E-state index is -0.350. The van der Waals surface area contributed by atoms with Crippen LogP contribution in [0.3, 0.4) is 0 Å². The molecule has 0 N–H and O–H groups in total. The zero-order valence-electron chi connectivity index (χ0n) is 12.9. The number of hydrogen-bond acceptors (Lipinski definition) is 2. The number of para-hydroxylation sites is 1. The zero-order valence-corrected chi connectivity index (χ0v) is 12.9. The number of nitrogens with zero attached hydrogens (tertiary/aromatic N) is 2. The van der Waals surface area contributed by atoms with Crippen LogP contribution >= 0.6 is 0 Å². The Morgan fingerprint density at radius 2 is 1.74 bits per heavy atom. The molecule has 0 bridgehead atoms. The maximum atomic E-state index is 10.8. The van der Waals surface area contributed by atoms with Crippen molar-refractivity contribution in [3.63, 3.8) is 0 Å². The minimum absolute atomic E-state index is 0.146. The summed E-state index contributed by atoms with van der Waals surface area (Å²) in [7, 11) is 0. The molecule has 0 amide bonds. The SMILES string of the molecule is O=[N+]([O-])c1ccc(Cn2c3c(c4ccccc42)CCCC3)cc1. The fourth-order valence-corrected chi connectivity index (χ4v) is 3.67. The fraction of sp³-hybridized carbons (Fsp3) is 0.263. The predicted octanol–water partition coefficient (Wildman–Crippen LogP) is 4.48. The van der Waals surface area contributed by atoms with Gasteiger partial charge in [0.15, 0.2) is 0 Å². The second kappa shape index (κ2) is 5.54. The highest BCUT2D eigenvalue weighted by Gasteiger charge is 2.19. The number of hydrogen-bond donors (Lipinski definition) is 0. The van der Waals surface area contributed by atoms with Crippen LogP contribution in [0.1, 0.15) is 29.7 Å². The first-order valence-electron chi connectivity index (χ1n) is 8.06. The third-order valence-electron chi connectivity index (χ3n) is 4.77. The van der Waals surface area contributed by atoms with Crippen LogP contribution < -0.4 is 0 Å². The average Bonchev–Trinajstić information content (AvgIpc) is 2.90. The van der Waals surface area contributed by atoms with E-state index in [0.29, 0.717) is 0 Å². The molecule has 0 spiro atoms. The fourth-order valence-electron chi connectivity index (χ4n) is 3.67. The van der Waals surface area contributed by atoms with Crippen LogP contribution in [0, 0.1) is 10.1 Å². The van der Waals surface area contributed by atoms with Crippen LogP contribution in [-0.2, 0) is 19.4 Å². The van der Waals surface area contributed by atoms with Crippen molar-refractivity contribution in [1.82, 2.24) is 4.57 Å². The second-order valence-electron chi connectivity index (χ2n) is 6.16. The first-order valence-corrected chi connectivity index (χ1v) is 8.06. The van der Waals surface area contributed by atoms with Crippen molar-refractivity contribution in [3.05, 3.63) is 75.5 Å². The molecule has 0 saturated carbocycles. The summed E-state index contributed by atoms with van der Waals surface area (Å²) in [5, 5.41) is 12.2. The molecular formula is C19H18N2O2. The third-order valence-corrected chi connectivity index (χ3v) is 4.77. The summed E-state index contributed by atoms with van der Waals surface area (Å²) in [5.74, 6) is 0. The van der Waals surface area contributed by atoms with E-state index in [4.69, 9.17) is 0 Å². The van der Waals surface area contributed by atoms with E-state index >= 15 is 0 Å². The molecule has 1 heterocycles. The summed E-state index contributed by atoms with van der Waals surface area (Å²) in [6.45, 7) is 0.772. The van der Waals surface area contributed by atoms with Gasteiger partial charge in [-0.05, 0) is 42.9 Å². The summed E-state index contributed by atoms with van der Waals surface area (Å²) >= 11 is 0. The van der Waals surface area contributed by atoms with Gasteiger partial charge in [0.1, 0.15) is 0 Å². The first-order chi connectivity index (χ1) is 11.2. The molecule has 0 atom stereocenters. The molecule has 1 aliphatic rings. The topological polar surface area (TPSA) is 48.1 Å². The minimum Gasteiger partial charge on any atom is -0.340 e. The van der Waals surface area contributed by atoms with Crippen molar-refractivity contribution in [2.45, 2.75) is 32.2 Å². The number of rotatable bonds is 3. The molecular weight excluding hydrogens is 288 g/mol. The van der Waals surface area contributed by atoms with Crippen molar-refractivity contribution in [3.8, 4) is 0 Å². The van der Waals surface area contributed by atoms with E-state index in [-0.39, 0.29) is 10.6 Å². The van der Waals surface area contributed by atoms with E-state index in [2.05, 4.69) is 28.8 Å². The Morgan fingerprint density at radius 3 is 2.52 bits per heavy atom. The number of aryl methyl sites for hydroxylation is 1. The number of nitro benzene ring substituents is 1. The van der Waals surface area contributed by atoms with Gasteiger partial charge in [-0.15, -0.1) is 0 Å². The van der Waals surface area contributed by atoms with Gasteiger partial charge >= 0.3 is 0 Å². The van der Waals surface area contributed by atoms with Gasteiger partial charge in [0.05, 0.1) is 4.92 Å². The van der Waals surface area contributed by atoms with Crippen molar-refractivity contribution in [2.75, 3.05) is 0 Å². The van der Waals surface area contributed by atoms with Gasteiger partial charge in [-0.2, -0.15) is 0 Å². The van der Waals surface area contributed by atoms with E-state index < -0.39 is 0 Å². The third kappa shape index (κ3) is 2.40. The van der Waals surface area contributed by atoms with Crippen LogP contribution in [0.4, 0.5) is 5.69 Å². The molecule has 116 valence electrons. The first kappa shape index (κ1) is 14.0. The summed E-state index contributed by atoms with van der Waals surface area (Å²) < 4.78 is 2.39. The molecule has 3 aromatic rings. The molecule has 4 rings (SSSR count). The smallest absolute Gasteiger partial charge is 0.269 e. The number of non-ortho nitro benzene ring substituents is 1. The maximum absolute atomic E-state index is 10.8. The zero-order chi connectivity index (χ0) is 15.8. The summed E-state index contributed by atoms with van der Waals surface area (Å²) in [6.07, 6.45) is 4.78. The molecule has 23 heavy (non-hydrogen) atoms. The Morgan fingerprint density at radius 1 is 1.00 bits per heavy atom. The second-order valence-corrected chi connectivity index (χ2v) is 6.16. The largest absolute Gasteiger partial charge is 0.340 e. The van der Waals surface area contributed by atoms with Crippen LogP contribution in [0.5, 0.6) is 0 Å². The molecule has 1 aromatic heterocycles. The van der Waals surface area contributed by atoms with Crippen LogP contribution in [0.25, 0.3) is 10.9 Å². The Bertz CT molecular complexity index is 878. The van der Waals surface area contributed by atoms with Crippen molar-refractivity contribution in [2.24, 2.45) is 0 Å². The molecule has 2 aromatic carbocycles. The Labute approximate surface area is 134 Å². The number of nitro groups is 1. The predicted molar refractivity (Wildman–Crippen MR) is 90.8 cm³/mol. The van der Waals surface area contributed by atoms with Gasteiger partial charge in [-0.25, -0.2) is 0 Å². The number of benzene rings is 2. The quantitative estimate of drug-likeness (QED) is 0.529. The normalized spacial score (nSPS) is 13.9. The standard InChI is InChI=1S/C19H18N2O2/c22-21(23)15-11-9-14(10-12-15)13-20-18-7-3-1-5-16(18)17-6-2-4-8-19(17)20/h1,3,5,7,9-12H,2,4,6,8,13H2. The lowest BCUT2D eigenvalue weighted by molar-refractivity contribution is -0.384. The highest BCUT2D eigenvalue weighted by molar-refractivity contribution is 5.86. The highest BCUT2D eigenvalue weighted by Crippen LogP contribution is 2.32. The molecule has 0 fully saturated rings. The van der Waals surface area contributed by atoms with Gasteiger partial charge in [0, 0.05) is 35.3 Å². The van der Waals surface area contributed by atoms with E-state index in [0.717, 1.165) is 24.9 Å². The number of aromatic nitrogens is 1. The molecule has 1 aliphatic carbocycles. The molecule has 0 unspecified atom stereocenters. The van der Waals surface area contributed by atoms with Crippen molar-refractivity contribution in [1.29, 1.82) is 0 Å². The maximum Gasteiger partial charge on any atom is 0.269 e. The Kier molecular flexibility index (Phi) is 3.37. The summed E-state index contributed by atoms with van der Waals surface area (Å²) in [4.78, 5) is 10.4. The summed E-state index contributed by atoms with van der Waals surface area (Å²) in [6, 6.07) is 15.5.